The second kappa shape index (κ2) is 11.6. The molecule has 0 N–H and O–H groups in total. The third kappa shape index (κ3) is 6.91. The van der Waals surface area contributed by atoms with Crippen molar-refractivity contribution in [3.63, 3.8) is 0 Å². The van der Waals surface area contributed by atoms with Crippen LogP contribution in [-0.2, 0) is 23.8 Å². The van der Waals surface area contributed by atoms with Gasteiger partial charge < -0.3 is 18.9 Å². The van der Waals surface area contributed by atoms with Gasteiger partial charge in [0.15, 0.2) is 0 Å². The highest BCUT2D eigenvalue weighted by molar-refractivity contribution is 5.85. The molecule has 166 valence electrons. The molecule has 0 amide bonds. The van der Waals surface area contributed by atoms with Crippen molar-refractivity contribution in [1.82, 2.24) is 0 Å². The van der Waals surface area contributed by atoms with Crippen LogP contribution in [0.15, 0.2) is 66.8 Å². The summed E-state index contributed by atoms with van der Waals surface area (Å²) < 4.78 is 22.3. The van der Waals surface area contributed by atoms with Crippen LogP contribution in [-0.4, -0.2) is 44.5 Å². The molecule has 1 saturated carbocycles. The quantitative estimate of drug-likeness (QED) is 0.320. The van der Waals surface area contributed by atoms with Gasteiger partial charge in [0.05, 0.1) is 20.3 Å². The second-order valence-electron chi connectivity index (χ2n) is 7.69. The summed E-state index contributed by atoms with van der Waals surface area (Å²) in [5.74, 6) is 0.0375. The summed E-state index contributed by atoms with van der Waals surface area (Å²) in [5.41, 5.74) is 0. The van der Waals surface area contributed by atoms with Crippen LogP contribution >= 0.6 is 0 Å². The maximum atomic E-state index is 12.4. The first-order chi connectivity index (χ1) is 15.1. The standard InChI is InChI=1S/C25H30O6/c1-28-24(27)12-8-3-2-7-11-22-20(13-14-23(22)26)15-16-25(30-17-18-31-25)19-29-21-9-5-4-6-10-21/h2-12,20,22H,13-19H2,1H3/b3-2-,11-7?,12-8?/t20-,22+/m1/s1. The zero-order chi connectivity index (χ0) is 21.9. The fourth-order valence-electron chi connectivity index (χ4n) is 3.95. The van der Waals surface area contributed by atoms with Gasteiger partial charge in [-0.3, -0.25) is 4.79 Å². The summed E-state index contributed by atoms with van der Waals surface area (Å²) in [6, 6.07) is 9.62. The molecule has 6 heteroatoms. The van der Waals surface area contributed by atoms with Gasteiger partial charge >= 0.3 is 5.97 Å². The summed E-state index contributed by atoms with van der Waals surface area (Å²) in [5, 5.41) is 0. The fraction of sp³-hybridized carbons (Fsp3) is 0.440. The number of carbonyl (C=O) groups excluding carboxylic acids is 2. The molecule has 31 heavy (non-hydrogen) atoms. The third-order valence-corrected chi connectivity index (χ3v) is 5.64. The van der Waals surface area contributed by atoms with Crippen LogP contribution in [0.5, 0.6) is 5.75 Å². The van der Waals surface area contributed by atoms with Gasteiger partial charge in [-0.25, -0.2) is 4.79 Å². The van der Waals surface area contributed by atoms with E-state index in [-0.39, 0.29) is 17.6 Å². The van der Waals surface area contributed by atoms with E-state index in [9.17, 15) is 9.59 Å². The zero-order valence-corrected chi connectivity index (χ0v) is 17.9. The summed E-state index contributed by atoms with van der Waals surface area (Å²) in [7, 11) is 1.34. The maximum absolute atomic E-state index is 12.4. The van der Waals surface area contributed by atoms with Crippen molar-refractivity contribution >= 4 is 11.8 Å². The van der Waals surface area contributed by atoms with E-state index in [0.717, 1.165) is 18.6 Å². The van der Waals surface area contributed by atoms with E-state index in [1.807, 2.05) is 42.5 Å². The smallest absolute Gasteiger partial charge is 0.330 e. The predicted octanol–water partition coefficient (Wildman–Crippen LogP) is 4.03. The van der Waals surface area contributed by atoms with Gasteiger partial charge in [0.25, 0.3) is 0 Å². The van der Waals surface area contributed by atoms with Gasteiger partial charge in [-0.05, 0) is 30.9 Å². The monoisotopic (exact) mass is 426 g/mol. The Morgan fingerprint density at radius 3 is 2.61 bits per heavy atom. The molecule has 1 heterocycles. The lowest BCUT2D eigenvalue weighted by Crippen LogP contribution is -2.38. The van der Waals surface area contributed by atoms with Gasteiger partial charge in [0.1, 0.15) is 18.1 Å². The van der Waals surface area contributed by atoms with Crippen molar-refractivity contribution in [1.29, 1.82) is 0 Å². The highest BCUT2D eigenvalue weighted by Crippen LogP contribution is 2.37. The van der Waals surface area contributed by atoms with Crippen LogP contribution in [0.4, 0.5) is 0 Å². The number of hydrogen-bond donors (Lipinski definition) is 0. The molecule has 0 spiro atoms. The first-order valence-electron chi connectivity index (χ1n) is 10.7. The zero-order valence-electron chi connectivity index (χ0n) is 17.9. The minimum absolute atomic E-state index is 0.109. The third-order valence-electron chi connectivity index (χ3n) is 5.64. The number of methoxy groups -OCH3 is 1. The highest BCUT2D eigenvalue weighted by atomic mass is 16.8. The van der Waals surface area contributed by atoms with Gasteiger partial charge in [-0.1, -0.05) is 48.6 Å². The molecule has 1 aliphatic heterocycles. The number of para-hydroxylation sites is 1. The van der Waals surface area contributed by atoms with Crippen molar-refractivity contribution < 1.29 is 28.5 Å². The predicted molar refractivity (Wildman–Crippen MR) is 116 cm³/mol. The number of allylic oxidation sites excluding steroid dienone is 5. The minimum atomic E-state index is -0.756. The number of esters is 1. The number of benzene rings is 1. The Morgan fingerprint density at radius 2 is 1.87 bits per heavy atom. The lowest BCUT2D eigenvalue weighted by molar-refractivity contribution is -0.184. The van der Waals surface area contributed by atoms with Gasteiger partial charge in [0.2, 0.25) is 5.79 Å². The van der Waals surface area contributed by atoms with Crippen LogP contribution in [0.1, 0.15) is 25.7 Å². The summed E-state index contributed by atoms with van der Waals surface area (Å²) in [4.78, 5) is 23.4. The van der Waals surface area contributed by atoms with Crippen molar-refractivity contribution in [2.24, 2.45) is 11.8 Å². The summed E-state index contributed by atoms with van der Waals surface area (Å²) in [6.07, 6.45) is 13.3. The SMILES string of the molecule is COC(=O)C=C/C=C\C=C[C@@H]1C(=O)CC[C@@H]1CCC1(COc2ccccc2)OCCO1. The number of carbonyl (C=O) groups is 2. The highest BCUT2D eigenvalue weighted by Gasteiger charge is 2.40. The topological polar surface area (TPSA) is 71.1 Å². The normalized spacial score (nSPS) is 23.3. The minimum Gasteiger partial charge on any atom is -0.488 e. The van der Waals surface area contributed by atoms with Crippen LogP contribution in [0, 0.1) is 11.8 Å². The van der Waals surface area contributed by atoms with Crippen molar-refractivity contribution in [3.05, 3.63) is 66.8 Å². The molecule has 2 aliphatic rings. The Kier molecular flexibility index (Phi) is 8.62. The Morgan fingerprint density at radius 1 is 1.13 bits per heavy atom. The number of Topliss-reactive ketones (excluding diaryl/α,β-unsaturated/α-hetero) is 1. The van der Waals surface area contributed by atoms with E-state index >= 15 is 0 Å². The molecule has 2 fully saturated rings. The van der Waals surface area contributed by atoms with Crippen molar-refractivity contribution in [3.8, 4) is 5.75 Å². The number of ketones is 1. The molecule has 3 rings (SSSR count). The largest absolute Gasteiger partial charge is 0.488 e. The average molecular weight is 427 g/mol. The Bertz CT molecular complexity index is 805. The molecule has 0 aromatic heterocycles. The fourth-order valence-corrected chi connectivity index (χ4v) is 3.95. The van der Waals surface area contributed by atoms with Gasteiger partial charge in [-0.15, -0.1) is 0 Å². The number of ether oxygens (including phenoxy) is 4. The lowest BCUT2D eigenvalue weighted by Gasteiger charge is -2.29. The van der Waals surface area contributed by atoms with E-state index in [1.54, 1.807) is 18.2 Å². The molecule has 1 saturated heterocycles. The Balaban J connectivity index is 1.53. The molecule has 0 bridgehead atoms. The number of rotatable bonds is 10. The van der Waals surface area contributed by atoms with Crippen LogP contribution in [0.2, 0.25) is 0 Å². The lowest BCUT2D eigenvalue weighted by atomic mass is 9.89. The van der Waals surface area contributed by atoms with Crippen molar-refractivity contribution in [2.75, 3.05) is 26.9 Å². The summed E-state index contributed by atoms with van der Waals surface area (Å²) in [6.45, 7) is 1.43. The Labute approximate surface area is 183 Å². The molecular formula is C25H30O6. The average Bonchev–Trinajstić information content (AvgIpc) is 3.41. The molecular weight excluding hydrogens is 396 g/mol. The van der Waals surface area contributed by atoms with E-state index in [4.69, 9.17) is 14.2 Å². The van der Waals surface area contributed by atoms with E-state index in [2.05, 4.69) is 4.74 Å². The van der Waals surface area contributed by atoms with Crippen LogP contribution in [0.3, 0.4) is 0 Å². The summed E-state index contributed by atoms with van der Waals surface area (Å²) >= 11 is 0. The first-order valence-corrected chi connectivity index (χ1v) is 10.7. The molecule has 2 atom stereocenters. The van der Waals surface area contributed by atoms with Crippen LogP contribution < -0.4 is 4.74 Å². The van der Waals surface area contributed by atoms with Crippen LogP contribution in [0.25, 0.3) is 0 Å². The molecule has 6 nitrogen and oxygen atoms in total. The van der Waals surface area contributed by atoms with E-state index in [0.29, 0.717) is 32.7 Å². The number of hydrogen-bond acceptors (Lipinski definition) is 6. The molecule has 1 aromatic rings. The maximum Gasteiger partial charge on any atom is 0.330 e. The van der Waals surface area contributed by atoms with E-state index in [1.165, 1.54) is 13.2 Å². The Hall–Kier alpha value is -2.70. The molecule has 1 aromatic carbocycles. The van der Waals surface area contributed by atoms with Gasteiger partial charge in [-0.2, -0.15) is 0 Å². The first kappa shape index (κ1) is 23.0. The van der Waals surface area contributed by atoms with Gasteiger partial charge in [0, 0.05) is 24.8 Å². The molecule has 0 unspecified atom stereocenters. The molecule has 1 aliphatic carbocycles. The van der Waals surface area contributed by atoms with E-state index < -0.39 is 11.8 Å². The second-order valence-corrected chi connectivity index (χ2v) is 7.69. The molecule has 0 radical (unpaired) electrons. The van der Waals surface area contributed by atoms with Crippen molar-refractivity contribution in [2.45, 2.75) is 31.5 Å².